The number of nitrogens with one attached hydrogen (secondary N) is 2. The Bertz CT molecular complexity index is 1360. The van der Waals surface area contributed by atoms with Crippen LogP contribution in [0.4, 0.5) is 10.7 Å². The fraction of sp³-hybridized carbons (Fsp3) is 0.235. The second-order valence-electron chi connectivity index (χ2n) is 6.27. The van der Waals surface area contributed by atoms with Gasteiger partial charge in [0.05, 0.1) is 14.2 Å². The Kier molecular flexibility index (Phi) is 6.88. The number of nitrogens with zero attached hydrogens (tertiary/aromatic N) is 4. The summed E-state index contributed by atoms with van der Waals surface area (Å²) in [5, 5.41) is 2.30. The Morgan fingerprint density at radius 2 is 1.76 bits per heavy atom. The molecule has 0 aliphatic rings. The lowest BCUT2D eigenvalue weighted by molar-refractivity contribution is 0.0585. The molecule has 2 aromatic heterocycles. The van der Waals surface area contributed by atoms with Gasteiger partial charge in [-0.1, -0.05) is 53.0 Å². The third-order valence-corrected chi connectivity index (χ3v) is 6.12. The first-order valence-electron chi connectivity index (χ1n) is 8.75. The van der Waals surface area contributed by atoms with E-state index in [0.29, 0.717) is 5.52 Å². The minimum absolute atomic E-state index is 0.195. The van der Waals surface area contributed by atoms with E-state index in [1.807, 2.05) is 0 Å². The molecule has 33 heavy (non-hydrogen) atoms. The van der Waals surface area contributed by atoms with Gasteiger partial charge in [0.1, 0.15) is 10.6 Å². The van der Waals surface area contributed by atoms with Crippen LogP contribution >= 0.6 is 34.8 Å². The number of urea groups is 1. The molecule has 12 nitrogen and oxygen atoms in total. The quantitative estimate of drug-likeness (QED) is 0.369. The third-order valence-electron chi connectivity index (χ3n) is 4.21. The number of hydrogen-bond donors (Lipinski definition) is 2. The number of anilines is 1. The molecular formula is C17H15Cl3N6O6S. The van der Waals surface area contributed by atoms with Gasteiger partial charge >= 0.3 is 18.0 Å². The zero-order chi connectivity index (χ0) is 24.6. The number of rotatable bonds is 5. The van der Waals surface area contributed by atoms with Gasteiger partial charge in [0.25, 0.3) is 10.0 Å². The summed E-state index contributed by atoms with van der Waals surface area (Å²) in [6.07, 6.45) is 0. The van der Waals surface area contributed by atoms with Gasteiger partial charge in [-0.2, -0.15) is 15.0 Å². The second kappa shape index (κ2) is 9.17. The van der Waals surface area contributed by atoms with Crippen LogP contribution in [0.1, 0.15) is 16.3 Å². The van der Waals surface area contributed by atoms with E-state index >= 15 is 0 Å². The number of esters is 1. The Morgan fingerprint density at radius 3 is 2.36 bits per heavy atom. The maximum absolute atomic E-state index is 13.1. The van der Waals surface area contributed by atoms with Crippen LogP contribution in [0.25, 0.3) is 10.9 Å². The molecule has 0 unspecified atom stereocenters. The standard InChI is InChI=1S/C17H15Cl3N6O6S/c1-26-9-7-5-4-6-8(9)11(10(26)12(27)31-2)33(29,30)25-15(28)23-14-21-13(17(18,19)20)22-16(24-14)32-3/h4-7H,1-3H3,(H2,21,22,23,24,25,28). The zero-order valence-corrected chi connectivity index (χ0v) is 20.2. The molecule has 0 aliphatic carbocycles. The predicted molar refractivity (Wildman–Crippen MR) is 119 cm³/mol. The van der Waals surface area contributed by atoms with E-state index in [1.54, 1.807) is 22.9 Å². The van der Waals surface area contributed by atoms with Crippen molar-refractivity contribution in [2.24, 2.45) is 7.05 Å². The molecule has 2 heterocycles. The molecule has 0 aliphatic heterocycles. The first kappa shape index (κ1) is 24.8. The highest BCUT2D eigenvalue weighted by Crippen LogP contribution is 2.36. The SMILES string of the molecule is COC(=O)c1c(S(=O)(=O)NC(=O)Nc2nc(OC)nc(C(Cl)(Cl)Cl)n2)c2ccccc2n1C. The number of aromatic nitrogens is 4. The van der Waals surface area contributed by atoms with Gasteiger partial charge in [-0.05, 0) is 6.07 Å². The molecule has 3 rings (SSSR count). The summed E-state index contributed by atoms with van der Waals surface area (Å²) in [5.74, 6) is -1.74. The summed E-state index contributed by atoms with van der Waals surface area (Å²) in [5.41, 5.74) is 0.146. The first-order chi connectivity index (χ1) is 15.4. The summed E-state index contributed by atoms with van der Waals surface area (Å²) >= 11 is 17.3. The maximum atomic E-state index is 13.1. The van der Waals surface area contributed by atoms with Gasteiger partial charge in [0.15, 0.2) is 5.82 Å². The Hall–Kier alpha value is -2.87. The molecule has 0 saturated heterocycles. The Labute approximate surface area is 202 Å². The van der Waals surface area contributed by atoms with Crippen LogP contribution in [0, 0.1) is 0 Å². The summed E-state index contributed by atoms with van der Waals surface area (Å²) in [6.45, 7) is 0. The van der Waals surface area contributed by atoms with Gasteiger partial charge in [-0.15, -0.1) is 0 Å². The zero-order valence-electron chi connectivity index (χ0n) is 17.1. The van der Waals surface area contributed by atoms with Crippen LogP contribution in [-0.2, 0) is 25.6 Å². The molecule has 3 aromatic rings. The minimum atomic E-state index is -4.59. The Balaban J connectivity index is 1.99. The van der Waals surface area contributed by atoms with Crippen molar-refractivity contribution in [3.05, 3.63) is 35.8 Å². The topological polar surface area (TPSA) is 154 Å². The normalized spacial score (nSPS) is 11.8. The number of alkyl halides is 3. The molecular weight excluding hydrogens is 523 g/mol. The number of sulfonamides is 1. The van der Waals surface area contributed by atoms with Crippen molar-refractivity contribution < 1.29 is 27.5 Å². The average molecular weight is 538 g/mol. The van der Waals surface area contributed by atoms with Gasteiger partial charge in [0.2, 0.25) is 9.74 Å². The largest absolute Gasteiger partial charge is 0.467 e. The molecule has 1 aromatic carbocycles. The number of amides is 2. The van der Waals surface area contributed by atoms with Crippen molar-refractivity contribution in [3.8, 4) is 6.01 Å². The smallest absolute Gasteiger partial charge is 0.356 e. The number of halogens is 3. The molecule has 0 radical (unpaired) electrons. The Morgan fingerprint density at radius 1 is 1.09 bits per heavy atom. The van der Waals surface area contributed by atoms with Crippen molar-refractivity contribution in [1.82, 2.24) is 24.2 Å². The van der Waals surface area contributed by atoms with Crippen molar-refractivity contribution in [2.75, 3.05) is 19.5 Å². The lowest BCUT2D eigenvalue weighted by Crippen LogP contribution is -2.36. The van der Waals surface area contributed by atoms with Crippen molar-refractivity contribution in [2.45, 2.75) is 8.69 Å². The van der Waals surface area contributed by atoms with Gasteiger partial charge in [-0.3, -0.25) is 5.32 Å². The van der Waals surface area contributed by atoms with E-state index in [0.717, 1.165) is 7.11 Å². The van der Waals surface area contributed by atoms with E-state index in [1.165, 1.54) is 24.8 Å². The highest BCUT2D eigenvalue weighted by atomic mass is 35.6. The summed E-state index contributed by atoms with van der Waals surface area (Å²) in [7, 11) is -0.774. The highest BCUT2D eigenvalue weighted by Gasteiger charge is 2.33. The van der Waals surface area contributed by atoms with Crippen LogP contribution in [-0.4, -0.2) is 54.2 Å². The van der Waals surface area contributed by atoms with Gasteiger partial charge < -0.3 is 14.0 Å². The average Bonchev–Trinajstić information content (AvgIpc) is 3.05. The number of benzene rings is 1. The van der Waals surface area contributed by atoms with Crippen LogP contribution in [0.5, 0.6) is 6.01 Å². The lowest BCUT2D eigenvalue weighted by Gasteiger charge is -2.12. The third kappa shape index (κ3) is 5.05. The molecule has 2 amide bonds. The fourth-order valence-electron chi connectivity index (χ4n) is 2.89. The second-order valence-corrected chi connectivity index (χ2v) is 10.2. The van der Waals surface area contributed by atoms with E-state index < -0.39 is 36.7 Å². The number of fused-ring (bicyclic) bond motifs is 1. The summed E-state index contributed by atoms with van der Waals surface area (Å²) in [6, 6.07) is 4.77. The lowest BCUT2D eigenvalue weighted by atomic mass is 10.2. The summed E-state index contributed by atoms with van der Waals surface area (Å²) in [4.78, 5) is 35.6. The van der Waals surface area contributed by atoms with E-state index in [4.69, 9.17) is 44.3 Å². The molecule has 0 spiro atoms. The van der Waals surface area contributed by atoms with Crippen molar-refractivity contribution in [1.29, 1.82) is 0 Å². The van der Waals surface area contributed by atoms with Gasteiger partial charge in [-0.25, -0.2) is 22.7 Å². The number of hydrogen-bond acceptors (Lipinski definition) is 9. The fourth-order valence-corrected chi connectivity index (χ4v) is 4.48. The van der Waals surface area contributed by atoms with Crippen molar-refractivity contribution >= 4 is 73.7 Å². The molecule has 2 N–H and O–H groups in total. The van der Waals surface area contributed by atoms with Crippen LogP contribution in [0.2, 0.25) is 0 Å². The molecule has 16 heteroatoms. The minimum Gasteiger partial charge on any atom is -0.467 e. The molecule has 0 atom stereocenters. The first-order valence-corrected chi connectivity index (χ1v) is 11.4. The molecule has 176 valence electrons. The van der Waals surface area contributed by atoms with E-state index in [-0.39, 0.29) is 22.9 Å². The monoisotopic (exact) mass is 536 g/mol. The van der Waals surface area contributed by atoms with Gasteiger partial charge in [0, 0.05) is 18.0 Å². The summed E-state index contributed by atoms with van der Waals surface area (Å²) < 4.78 is 36.9. The number of aryl methyl sites for hydroxylation is 1. The van der Waals surface area contributed by atoms with Crippen molar-refractivity contribution in [3.63, 3.8) is 0 Å². The maximum Gasteiger partial charge on any atom is 0.356 e. The molecule has 0 saturated carbocycles. The molecule has 0 bridgehead atoms. The predicted octanol–water partition coefficient (Wildman–Crippen LogP) is 2.50. The number of carbonyl (C=O) groups excluding carboxylic acids is 2. The van der Waals surface area contributed by atoms with Crippen LogP contribution in [0.3, 0.4) is 0 Å². The number of methoxy groups -OCH3 is 2. The van der Waals surface area contributed by atoms with E-state index in [2.05, 4.69) is 20.3 Å². The van der Waals surface area contributed by atoms with Crippen LogP contribution in [0.15, 0.2) is 29.2 Å². The highest BCUT2D eigenvalue weighted by molar-refractivity contribution is 7.90. The number of carbonyl (C=O) groups is 2. The number of para-hydroxylation sites is 1. The molecule has 0 fully saturated rings. The van der Waals surface area contributed by atoms with Crippen LogP contribution < -0.4 is 14.8 Å². The number of ether oxygens (including phenoxy) is 2. The van der Waals surface area contributed by atoms with E-state index in [9.17, 15) is 18.0 Å².